The summed E-state index contributed by atoms with van der Waals surface area (Å²) in [6.07, 6.45) is 2.26. The van der Waals surface area contributed by atoms with E-state index in [1.165, 1.54) is 6.33 Å². The van der Waals surface area contributed by atoms with Gasteiger partial charge in [0.1, 0.15) is 17.8 Å². The molecular formula is C16H18Cl2N4O. The lowest BCUT2D eigenvalue weighted by Crippen LogP contribution is -2.26. The van der Waals surface area contributed by atoms with Gasteiger partial charge in [-0.05, 0) is 30.5 Å². The Morgan fingerprint density at radius 1 is 1.13 bits per heavy atom. The van der Waals surface area contributed by atoms with Crippen molar-refractivity contribution < 1.29 is 4.79 Å². The van der Waals surface area contributed by atoms with Crippen molar-refractivity contribution in [1.29, 1.82) is 0 Å². The highest BCUT2D eigenvalue weighted by Gasteiger charge is 2.09. The van der Waals surface area contributed by atoms with E-state index >= 15 is 0 Å². The third-order valence-electron chi connectivity index (χ3n) is 3.04. The summed E-state index contributed by atoms with van der Waals surface area (Å²) in [4.78, 5) is 20.2. The molecule has 0 aliphatic heterocycles. The average molecular weight is 353 g/mol. The second-order valence-corrected chi connectivity index (χ2v) is 6.38. The van der Waals surface area contributed by atoms with Crippen LogP contribution in [0.15, 0.2) is 30.6 Å². The number of halogens is 2. The lowest BCUT2D eigenvalue weighted by Gasteiger charge is -2.09. The highest BCUT2D eigenvalue weighted by Crippen LogP contribution is 2.24. The first-order valence-electron chi connectivity index (χ1n) is 7.27. The van der Waals surface area contributed by atoms with E-state index in [0.717, 1.165) is 6.42 Å². The summed E-state index contributed by atoms with van der Waals surface area (Å²) in [5.74, 6) is 0.804. The minimum Gasteiger partial charge on any atom is -0.351 e. The Morgan fingerprint density at radius 2 is 1.83 bits per heavy atom. The van der Waals surface area contributed by atoms with Crippen LogP contribution in [0.4, 0.5) is 11.5 Å². The molecule has 7 heteroatoms. The molecule has 122 valence electrons. The van der Waals surface area contributed by atoms with Crippen LogP contribution in [0.25, 0.3) is 0 Å². The molecule has 2 aromatic rings. The van der Waals surface area contributed by atoms with Crippen LogP contribution in [-0.4, -0.2) is 22.4 Å². The number of hydrogen-bond acceptors (Lipinski definition) is 4. The summed E-state index contributed by atoms with van der Waals surface area (Å²) in [5.41, 5.74) is 0.992. The Morgan fingerprint density at radius 3 is 2.48 bits per heavy atom. The normalized spacial score (nSPS) is 10.7. The van der Waals surface area contributed by atoms with E-state index in [-0.39, 0.29) is 5.91 Å². The van der Waals surface area contributed by atoms with Crippen molar-refractivity contribution >= 4 is 40.6 Å². The summed E-state index contributed by atoms with van der Waals surface area (Å²) in [6, 6.07) is 6.66. The fourth-order valence-corrected chi connectivity index (χ4v) is 2.41. The van der Waals surface area contributed by atoms with E-state index in [0.29, 0.717) is 39.7 Å². The van der Waals surface area contributed by atoms with Crippen LogP contribution < -0.4 is 10.6 Å². The smallest absolute Gasteiger partial charge is 0.270 e. The van der Waals surface area contributed by atoms with Gasteiger partial charge in [-0.3, -0.25) is 4.79 Å². The molecular weight excluding hydrogens is 335 g/mol. The zero-order valence-electron chi connectivity index (χ0n) is 12.9. The fourth-order valence-electron chi connectivity index (χ4n) is 1.89. The fraction of sp³-hybridized carbons (Fsp3) is 0.312. The van der Waals surface area contributed by atoms with Crippen molar-refractivity contribution in [2.75, 3.05) is 11.9 Å². The molecule has 0 saturated heterocycles. The van der Waals surface area contributed by atoms with Crippen LogP contribution in [0.2, 0.25) is 10.0 Å². The monoisotopic (exact) mass is 352 g/mol. The predicted molar refractivity (Wildman–Crippen MR) is 93.6 cm³/mol. The molecule has 0 aliphatic carbocycles. The van der Waals surface area contributed by atoms with E-state index in [2.05, 4.69) is 34.4 Å². The number of rotatable bonds is 6. The first-order valence-corrected chi connectivity index (χ1v) is 8.03. The number of nitrogens with one attached hydrogen (secondary N) is 2. The Bertz CT molecular complexity index is 671. The van der Waals surface area contributed by atoms with Crippen LogP contribution in [0.1, 0.15) is 30.8 Å². The molecule has 0 spiro atoms. The average Bonchev–Trinajstić information content (AvgIpc) is 2.46. The number of aromatic nitrogens is 2. The van der Waals surface area contributed by atoms with Crippen LogP contribution in [-0.2, 0) is 0 Å². The van der Waals surface area contributed by atoms with Gasteiger partial charge in [-0.2, -0.15) is 0 Å². The lowest BCUT2D eigenvalue weighted by molar-refractivity contribution is 0.0947. The third-order valence-corrected chi connectivity index (χ3v) is 3.48. The minimum atomic E-state index is -0.222. The van der Waals surface area contributed by atoms with E-state index in [1.807, 2.05) is 0 Å². The van der Waals surface area contributed by atoms with Gasteiger partial charge in [0.15, 0.2) is 0 Å². The molecule has 0 atom stereocenters. The molecule has 1 amide bonds. The maximum atomic E-state index is 12.1. The quantitative estimate of drug-likeness (QED) is 0.812. The Hall–Kier alpha value is -1.85. The van der Waals surface area contributed by atoms with Gasteiger partial charge in [-0.15, -0.1) is 0 Å². The van der Waals surface area contributed by atoms with Gasteiger partial charge in [0.25, 0.3) is 5.91 Å². The van der Waals surface area contributed by atoms with Gasteiger partial charge >= 0.3 is 0 Å². The SMILES string of the molecule is CC(C)CCNC(=O)c1cc(Nc2cc(Cl)cc(Cl)c2)ncn1. The number of anilines is 2. The molecule has 0 unspecified atom stereocenters. The second kappa shape index (κ2) is 8.13. The molecule has 2 rings (SSSR count). The van der Waals surface area contributed by atoms with Gasteiger partial charge in [0.05, 0.1) is 0 Å². The number of nitrogens with zero attached hydrogens (tertiary/aromatic N) is 2. The molecule has 0 fully saturated rings. The molecule has 0 bridgehead atoms. The number of carbonyl (C=O) groups excluding carboxylic acids is 1. The van der Waals surface area contributed by atoms with Gasteiger partial charge in [-0.25, -0.2) is 9.97 Å². The van der Waals surface area contributed by atoms with Crippen LogP contribution in [0.5, 0.6) is 0 Å². The highest BCUT2D eigenvalue weighted by atomic mass is 35.5. The van der Waals surface area contributed by atoms with Gasteiger partial charge in [-0.1, -0.05) is 37.0 Å². The largest absolute Gasteiger partial charge is 0.351 e. The standard InChI is InChI=1S/C16H18Cl2N4O/c1-10(2)3-4-19-16(23)14-8-15(21-9-20-14)22-13-6-11(17)5-12(18)7-13/h5-10H,3-4H2,1-2H3,(H,19,23)(H,20,21,22). The van der Waals surface area contributed by atoms with Gasteiger partial charge in [0.2, 0.25) is 0 Å². The first-order chi connectivity index (χ1) is 10.9. The van der Waals surface area contributed by atoms with Crippen LogP contribution in [0.3, 0.4) is 0 Å². The van der Waals surface area contributed by atoms with Crippen molar-refractivity contribution in [2.45, 2.75) is 20.3 Å². The highest BCUT2D eigenvalue weighted by molar-refractivity contribution is 6.35. The summed E-state index contributed by atoms with van der Waals surface area (Å²) in [5, 5.41) is 6.92. The topological polar surface area (TPSA) is 66.9 Å². The Labute approximate surface area is 145 Å². The maximum Gasteiger partial charge on any atom is 0.270 e. The number of amides is 1. The van der Waals surface area contributed by atoms with Crippen molar-refractivity contribution in [3.8, 4) is 0 Å². The molecule has 5 nitrogen and oxygen atoms in total. The molecule has 1 aromatic carbocycles. The van der Waals surface area contributed by atoms with Crippen molar-refractivity contribution in [2.24, 2.45) is 5.92 Å². The van der Waals surface area contributed by atoms with E-state index in [4.69, 9.17) is 23.2 Å². The zero-order valence-corrected chi connectivity index (χ0v) is 14.4. The number of hydrogen-bond donors (Lipinski definition) is 2. The molecule has 2 N–H and O–H groups in total. The van der Waals surface area contributed by atoms with Crippen LogP contribution >= 0.6 is 23.2 Å². The van der Waals surface area contributed by atoms with Crippen LogP contribution in [0, 0.1) is 5.92 Å². The van der Waals surface area contributed by atoms with Gasteiger partial charge < -0.3 is 10.6 Å². The maximum absolute atomic E-state index is 12.1. The van der Waals surface area contributed by atoms with E-state index in [1.54, 1.807) is 24.3 Å². The zero-order chi connectivity index (χ0) is 16.8. The molecule has 1 aromatic heterocycles. The van der Waals surface area contributed by atoms with E-state index < -0.39 is 0 Å². The van der Waals surface area contributed by atoms with Gasteiger partial charge in [0, 0.05) is 28.3 Å². The molecule has 1 heterocycles. The number of carbonyl (C=O) groups is 1. The Balaban J connectivity index is 2.05. The molecule has 0 radical (unpaired) electrons. The van der Waals surface area contributed by atoms with Crippen molar-refractivity contribution in [1.82, 2.24) is 15.3 Å². The summed E-state index contributed by atoms with van der Waals surface area (Å²) < 4.78 is 0. The third kappa shape index (κ3) is 5.69. The van der Waals surface area contributed by atoms with E-state index in [9.17, 15) is 4.79 Å². The molecule has 0 saturated carbocycles. The lowest BCUT2D eigenvalue weighted by atomic mass is 10.1. The summed E-state index contributed by atoms with van der Waals surface area (Å²) >= 11 is 11.9. The molecule has 23 heavy (non-hydrogen) atoms. The van der Waals surface area contributed by atoms with Crippen molar-refractivity contribution in [3.63, 3.8) is 0 Å². The molecule has 0 aliphatic rings. The summed E-state index contributed by atoms with van der Waals surface area (Å²) in [6.45, 7) is 4.83. The second-order valence-electron chi connectivity index (χ2n) is 5.51. The Kier molecular flexibility index (Phi) is 6.19. The van der Waals surface area contributed by atoms with Crippen molar-refractivity contribution in [3.05, 3.63) is 46.3 Å². The minimum absolute atomic E-state index is 0.222. The first kappa shape index (κ1) is 17.5. The predicted octanol–water partition coefficient (Wildman–Crippen LogP) is 4.30. The summed E-state index contributed by atoms with van der Waals surface area (Å²) in [7, 11) is 0. The number of benzene rings is 1.